The summed E-state index contributed by atoms with van der Waals surface area (Å²) in [6.45, 7) is 3.09. The molecule has 0 radical (unpaired) electrons. The third kappa shape index (κ3) is 1.79. The number of sulfonamides is 1. The molecule has 1 aromatic heterocycles. The van der Waals surface area contributed by atoms with Gasteiger partial charge in [-0.25, -0.2) is 18.1 Å². The zero-order valence-corrected chi connectivity index (χ0v) is 8.56. The van der Waals surface area contributed by atoms with Crippen LogP contribution in [0.25, 0.3) is 0 Å². The van der Waals surface area contributed by atoms with Crippen molar-refractivity contribution in [1.82, 2.24) is 20.0 Å². The third-order valence-electron chi connectivity index (χ3n) is 2.07. The predicted molar refractivity (Wildman–Crippen MR) is 50.3 cm³/mol. The second-order valence-corrected chi connectivity index (χ2v) is 4.99. The molecule has 0 saturated carbocycles. The number of aryl methyl sites for hydroxylation is 1. The van der Waals surface area contributed by atoms with Crippen molar-refractivity contribution in [3.8, 4) is 0 Å². The number of aromatic amines is 1. The second-order valence-electron chi connectivity index (χ2n) is 3.31. The van der Waals surface area contributed by atoms with Gasteiger partial charge >= 0.3 is 0 Å². The minimum absolute atomic E-state index is 0.00334. The summed E-state index contributed by atoms with van der Waals surface area (Å²) in [5.74, 6) is 0.595. The fourth-order valence-corrected chi connectivity index (χ4v) is 2.40. The zero-order chi connectivity index (χ0) is 10.2. The largest absolute Gasteiger partial charge is 0.332 e. The molecule has 0 bridgehead atoms. The van der Waals surface area contributed by atoms with E-state index in [0.29, 0.717) is 18.9 Å². The Morgan fingerprint density at radius 3 is 2.71 bits per heavy atom. The van der Waals surface area contributed by atoms with Crippen LogP contribution in [-0.4, -0.2) is 37.5 Å². The first-order valence-corrected chi connectivity index (χ1v) is 5.81. The summed E-state index contributed by atoms with van der Waals surface area (Å²) < 4.78 is 25.8. The number of nitrogens with zero attached hydrogens (tertiary/aromatic N) is 1. The van der Waals surface area contributed by atoms with Crippen molar-refractivity contribution in [3.05, 3.63) is 12.0 Å². The molecule has 3 N–H and O–H groups in total. The molecule has 0 unspecified atom stereocenters. The topological polar surface area (TPSA) is 86.9 Å². The molecule has 2 rings (SSSR count). The maximum atomic E-state index is 11.6. The number of rotatable bonds is 3. The van der Waals surface area contributed by atoms with Crippen LogP contribution in [0.4, 0.5) is 0 Å². The highest BCUT2D eigenvalue weighted by Crippen LogP contribution is 2.06. The second kappa shape index (κ2) is 3.34. The standard InChI is InChI=1S/C7H12N4O2S/c1-5-9-4-7(10-5)14(12,13)11-6-2-8-3-6/h4,6,8,11H,2-3H2,1H3,(H,9,10). The molecular weight excluding hydrogens is 204 g/mol. The molecule has 0 atom stereocenters. The van der Waals surface area contributed by atoms with Gasteiger partial charge in [-0.05, 0) is 6.92 Å². The highest BCUT2D eigenvalue weighted by molar-refractivity contribution is 7.89. The Balaban J connectivity index is 2.15. The van der Waals surface area contributed by atoms with Crippen molar-refractivity contribution in [3.63, 3.8) is 0 Å². The predicted octanol–water partition coefficient (Wildman–Crippen LogP) is -1.03. The van der Waals surface area contributed by atoms with E-state index in [1.807, 2.05) is 0 Å². The van der Waals surface area contributed by atoms with Crippen LogP contribution in [0, 0.1) is 6.92 Å². The highest BCUT2D eigenvalue weighted by Gasteiger charge is 2.25. The number of nitrogens with one attached hydrogen (secondary N) is 3. The van der Waals surface area contributed by atoms with Gasteiger partial charge in [-0.1, -0.05) is 0 Å². The van der Waals surface area contributed by atoms with Crippen LogP contribution in [0.1, 0.15) is 5.82 Å². The fourth-order valence-electron chi connectivity index (χ4n) is 1.19. The molecule has 2 heterocycles. The Hall–Kier alpha value is -0.920. The van der Waals surface area contributed by atoms with Crippen molar-refractivity contribution in [1.29, 1.82) is 0 Å². The monoisotopic (exact) mass is 216 g/mol. The van der Waals surface area contributed by atoms with Gasteiger partial charge in [-0.15, -0.1) is 0 Å². The highest BCUT2D eigenvalue weighted by atomic mass is 32.2. The van der Waals surface area contributed by atoms with E-state index in [0.717, 1.165) is 0 Å². The Morgan fingerprint density at radius 2 is 2.29 bits per heavy atom. The lowest BCUT2D eigenvalue weighted by molar-refractivity contribution is 0.410. The van der Waals surface area contributed by atoms with Crippen LogP contribution >= 0.6 is 0 Å². The maximum Gasteiger partial charge on any atom is 0.257 e. The Kier molecular flexibility index (Phi) is 2.30. The van der Waals surface area contributed by atoms with Crippen LogP contribution in [0.3, 0.4) is 0 Å². The fraction of sp³-hybridized carbons (Fsp3) is 0.571. The van der Waals surface area contributed by atoms with Crippen LogP contribution < -0.4 is 10.0 Å². The Labute approximate surface area is 82.2 Å². The normalized spacial score (nSPS) is 18.1. The third-order valence-corrected chi connectivity index (χ3v) is 3.50. The summed E-state index contributed by atoms with van der Waals surface area (Å²) in [4.78, 5) is 6.53. The molecule has 14 heavy (non-hydrogen) atoms. The molecule has 1 aliphatic heterocycles. The number of hydrogen-bond acceptors (Lipinski definition) is 4. The van der Waals surface area contributed by atoms with Gasteiger partial charge in [0.05, 0.1) is 6.20 Å². The average molecular weight is 216 g/mol. The van der Waals surface area contributed by atoms with Gasteiger partial charge in [0, 0.05) is 19.1 Å². The smallest absolute Gasteiger partial charge is 0.257 e. The molecule has 0 aromatic carbocycles. The van der Waals surface area contributed by atoms with Gasteiger partial charge < -0.3 is 10.3 Å². The van der Waals surface area contributed by atoms with E-state index >= 15 is 0 Å². The van der Waals surface area contributed by atoms with Crippen molar-refractivity contribution in [2.24, 2.45) is 0 Å². The van der Waals surface area contributed by atoms with Crippen molar-refractivity contribution >= 4 is 10.0 Å². The van der Waals surface area contributed by atoms with Gasteiger partial charge in [-0.2, -0.15) is 0 Å². The molecule has 0 amide bonds. The van der Waals surface area contributed by atoms with E-state index in [1.165, 1.54) is 6.20 Å². The van der Waals surface area contributed by atoms with E-state index in [1.54, 1.807) is 6.92 Å². The Morgan fingerprint density at radius 1 is 1.57 bits per heavy atom. The van der Waals surface area contributed by atoms with Crippen molar-refractivity contribution in [2.45, 2.75) is 18.0 Å². The summed E-state index contributed by atoms with van der Waals surface area (Å²) in [7, 11) is -3.41. The summed E-state index contributed by atoms with van der Waals surface area (Å²) in [6, 6.07) is 0.00334. The van der Waals surface area contributed by atoms with Crippen LogP contribution in [0.5, 0.6) is 0 Å². The van der Waals surface area contributed by atoms with Crippen LogP contribution in [0.15, 0.2) is 11.2 Å². The number of H-pyrrole nitrogens is 1. The summed E-state index contributed by atoms with van der Waals surface area (Å²) in [5.41, 5.74) is 0. The first kappa shape index (κ1) is 9.63. The lowest BCUT2D eigenvalue weighted by Gasteiger charge is -2.27. The number of aromatic nitrogens is 2. The van der Waals surface area contributed by atoms with E-state index < -0.39 is 10.0 Å². The molecule has 0 spiro atoms. The minimum Gasteiger partial charge on any atom is -0.332 e. The number of hydrogen-bond donors (Lipinski definition) is 3. The average Bonchev–Trinajstić information content (AvgIpc) is 2.45. The Bertz CT molecular complexity index is 421. The van der Waals surface area contributed by atoms with E-state index in [2.05, 4.69) is 20.0 Å². The van der Waals surface area contributed by atoms with Gasteiger partial charge in [0.25, 0.3) is 10.0 Å². The van der Waals surface area contributed by atoms with Crippen molar-refractivity contribution in [2.75, 3.05) is 13.1 Å². The summed E-state index contributed by atoms with van der Waals surface area (Å²) >= 11 is 0. The van der Waals surface area contributed by atoms with Crippen molar-refractivity contribution < 1.29 is 8.42 Å². The van der Waals surface area contributed by atoms with Gasteiger partial charge in [-0.3, -0.25) is 0 Å². The summed E-state index contributed by atoms with van der Waals surface area (Å²) in [5, 5.41) is 3.11. The molecule has 1 saturated heterocycles. The zero-order valence-electron chi connectivity index (χ0n) is 7.74. The molecule has 0 aliphatic carbocycles. The molecule has 78 valence electrons. The lowest BCUT2D eigenvalue weighted by Crippen LogP contribution is -2.56. The minimum atomic E-state index is -3.41. The molecule has 1 fully saturated rings. The molecule has 1 aliphatic rings. The van der Waals surface area contributed by atoms with E-state index in [9.17, 15) is 8.42 Å². The molecular formula is C7H12N4O2S. The SMILES string of the molecule is Cc1ncc(S(=O)(=O)NC2CNC2)[nH]1. The lowest BCUT2D eigenvalue weighted by atomic mass is 10.2. The number of imidazole rings is 1. The quantitative estimate of drug-likeness (QED) is 0.603. The molecule has 7 heteroatoms. The summed E-state index contributed by atoms with van der Waals surface area (Å²) in [6.07, 6.45) is 1.32. The van der Waals surface area contributed by atoms with Crippen LogP contribution in [0.2, 0.25) is 0 Å². The van der Waals surface area contributed by atoms with Gasteiger partial charge in [0.15, 0.2) is 5.03 Å². The van der Waals surface area contributed by atoms with Gasteiger partial charge in [0.1, 0.15) is 5.82 Å². The van der Waals surface area contributed by atoms with Gasteiger partial charge in [0.2, 0.25) is 0 Å². The molecule has 1 aromatic rings. The maximum absolute atomic E-state index is 11.6. The van der Waals surface area contributed by atoms with E-state index in [-0.39, 0.29) is 11.1 Å². The molecule has 6 nitrogen and oxygen atoms in total. The van der Waals surface area contributed by atoms with E-state index in [4.69, 9.17) is 0 Å². The first-order chi connectivity index (χ1) is 6.58. The van der Waals surface area contributed by atoms with Crippen LogP contribution in [-0.2, 0) is 10.0 Å². The first-order valence-electron chi connectivity index (χ1n) is 4.32.